The molecule has 1 aliphatic heterocycles. The van der Waals surface area contributed by atoms with Gasteiger partial charge in [-0.15, -0.1) is 0 Å². The summed E-state index contributed by atoms with van der Waals surface area (Å²) in [6.07, 6.45) is 2.48. The maximum Gasteiger partial charge on any atom is 0.245 e. The Morgan fingerprint density at radius 3 is 2.74 bits per heavy atom. The molecule has 1 heterocycles. The third-order valence-corrected chi connectivity index (χ3v) is 4.07. The van der Waals surface area contributed by atoms with Gasteiger partial charge in [0.15, 0.2) is 11.7 Å². The molecule has 0 spiro atoms. The third kappa shape index (κ3) is 5.34. The second kappa shape index (κ2) is 8.66. The molecule has 0 aromatic heterocycles. The first kappa shape index (κ1) is 17.5. The van der Waals surface area contributed by atoms with Crippen molar-refractivity contribution in [1.29, 1.82) is 5.26 Å². The number of hydrogen-bond acceptors (Lipinski definition) is 4. The summed E-state index contributed by atoms with van der Waals surface area (Å²) >= 11 is 5.80. The van der Waals surface area contributed by atoms with Gasteiger partial charge in [-0.25, -0.2) is 0 Å². The lowest BCUT2D eigenvalue weighted by molar-refractivity contribution is -0.132. The van der Waals surface area contributed by atoms with E-state index in [1.54, 1.807) is 18.2 Å². The average Bonchev–Trinajstić information content (AvgIpc) is 3.06. The van der Waals surface area contributed by atoms with Crippen LogP contribution in [-0.2, 0) is 20.7 Å². The Labute approximate surface area is 140 Å². The van der Waals surface area contributed by atoms with Crippen LogP contribution in [0.5, 0.6) is 0 Å². The zero-order chi connectivity index (χ0) is 16.7. The van der Waals surface area contributed by atoms with Gasteiger partial charge in [-0.3, -0.25) is 9.59 Å². The number of aryl methyl sites for hydroxylation is 1. The smallest absolute Gasteiger partial charge is 0.245 e. The van der Waals surface area contributed by atoms with Crippen LogP contribution in [0.1, 0.15) is 24.8 Å². The summed E-state index contributed by atoms with van der Waals surface area (Å²) in [5.74, 6) is -2.17. The van der Waals surface area contributed by atoms with Gasteiger partial charge in [0.05, 0.1) is 12.2 Å². The van der Waals surface area contributed by atoms with Gasteiger partial charge in [0.2, 0.25) is 5.91 Å². The topological polar surface area (TPSA) is 79.2 Å². The van der Waals surface area contributed by atoms with Gasteiger partial charge < -0.3 is 10.1 Å². The number of ketones is 1. The minimum Gasteiger partial charge on any atom is -0.376 e. The highest BCUT2D eigenvalue weighted by atomic mass is 35.5. The molecule has 1 fully saturated rings. The summed E-state index contributed by atoms with van der Waals surface area (Å²) in [6.45, 7) is 1.05. The van der Waals surface area contributed by atoms with Crippen molar-refractivity contribution in [2.24, 2.45) is 5.92 Å². The number of carbonyl (C=O) groups is 2. The molecule has 5 nitrogen and oxygen atoms in total. The van der Waals surface area contributed by atoms with Crippen molar-refractivity contribution >= 4 is 23.3 Å². The van der Waals surface area contributed by atoms with Crippen molar-refractivity contribution in [3.05, 3.63) is 34.9 Å². The minimum atomic E-state index is -1.26. The molecule has 122 valence electrons. The summed E-state index contributed by atoms with van der Waals surface area (Å²) in [6, 6.07) is 8.95. The lowest BCUT2D eigenvalue weighted by atomic mass is 9.98. The lowest BCUT2D eigenvalue weighted by Crippen LogP contribution is -2.38. The van der Waals surface area contributed by atoms with Crippen LogP contribution in [0.15, 0.2) is 24.3 Å². The lowest BCUT2D eigenvalue weighted by Gasteiger charge is -2.13. The zero-order valence-electron chi connectivity index (χ0n) is 12.8. The fourth-order valence-corrected chi connectivity index (χ4v) is 2.59. The standard InChI is InChI=1S/C17H19ClN2O3/c18-13-6-3-12(4-7-13)5-8-16(21)15(10-19)17(22)20-11-14-2-1-9-23-14/h3-4,6-7,14-15H,1-2,5,8-9,11H2,(H,20,22)/t14-,15+/m0/s1. The number of carbonyl (C=O) groups excluding carboxylic acids is 2. The first-order valence-electron chi connectivity index (χ1n) is 7.66. The highest BCUT2D eigenvalue weighted by Gasteiger charge is 2.27. The molecule has 0 aliphatic carbocycles. The van der Waals surface area contributed by atoms with E-state index < -0.39 is 11.8 Å². The highest BCUT2D eigenvalue weighted by molar-refractivity contribution is 6.30. The van der Waals surface area contributed by atoms with Crippen LogP contribution < -0.4 is 5.32 Å². The Morgan fingerprint density at radius 1 is 1.39 bits per heavy atom. The van der Waals surface area contributed by atoms with Crippen molar-refractivity contribution in [2.75, 3.05) is 13.2 Å². The van der Waals surface area contributed by atoms with Gasteiger partial charge in [-0.1, -0.05) is 23.7 Å². The summed E-state index contributed by atoms with van der Waals surface area (Å²) < 4.78 is 5.40. The number of nitrogens with zero attached hydrogens (tertiary/aromatic N) is 1. The summed E-state index contributed by atoms with van der Waals surface area (Å²) in [7, 11) is 0. The van der Waals surface area contributed by atoms with Crippen LogP contribution in [0, 0.1) is 17.2 Å². The zero-order valence-corrected chi connectivity index (χ0v) is 13.5. The SMILES string of the molecule is N#C[C@H](C(=O)CCc1ccc(Cl)cc1)C(=O)NC[C@@H]1CCCO1. The molecule has 1 aliphatic rings. The molecule has 1 aromatic carbocycles. The normalized spacial score (nSPS) is 18.2. The predicted molar refractivity (Wildman–Crippen MR) is 85.9 cm³/mol. The fraction of sp³-hybridized carbons (Fsp3) is 0.471. The van der Waals surface area contributed by atoms with Crippen molar-refractivity contribution in [2.45, 2.75) is 31.8 Å². The van der Waals surface area contributed by atoms with E-state index in [9.17, 15) is 9.59 Å². The van der Waals surface area contributed by atoms with E-state index in [1.807, 2.05) is 12.1 Å². The summed E-state index contributed by atoms with van der Waals surface area (Å²) in [5, 5.41) is 12.4. The molecule has 0 unspecified atom stereocenters. The predicted octanol–water partition coefficient (Wildman–Crippen LogP) is 2.28. The van der Waals surface area contributed by atoms with Gasteiger partial charge in [0, 0.05) is 24.6 Å². The number of nitrogens with one attached hydrogen (secondary N) is 1. The largest absolute Gasteiger partial charge is 0.376 e. The number of hydrogen-bond donors (Lipinski definition) is 1. The monoisotopic (exact) mass is 334 g/mol. The van der Waals surface area contributed by atoms with E-state index in [0.29, 0.717) is 24.6 Å². The van der Waals surface area contributed by atoms with Crippen molar-refractivity contribution in [3.63, 3.8) is 0 Å². The number of benzene rings is 1. The summed E-state index contributed by atoms with van der Waals surface area (Å²) in [4.78, 5) is 24.1. The number of nitriles is 1. The molecule has 6 heteroatoms. The molecule has 1 saturated heterocycles. The minimum absolute atomic E-state index is 0.0116. The Bertz CT molecular complexity index is 589. The Balaban J connectivity index is 1.81. The van der Waals surface area contributed by atoms with Crippen LogP contribution in [0.4, 0.5) is 0 Å². The Morgan fingerprint density at radius 2 is 2.13 bits per heavy atom. The number of rotatable bonds is 7. The molecule has 0 bridgehead atoms. The van der Waals surface area contributed by atoms with E-state index in [2.05, 4.69) is 5.32 Å². The number of Topliss-reactive ketones (excluding diaryl/α,β-unsaturated/α-hetero) is 1. The van der Waals surface area contributed by atoms with E-state index in [0.717, 1.165) is 18.4 Å². The van der Waals surface area contributed by atoms with E-state index in [1.165, 1.54) is 0 Å². The number of halogens is 1. The van der Waals surface area contributed by atoms with Crippen LogP contribution in [0.25, 0.3) is 0 Å². The fourth-order valence-electron chi connectivity index (χ4n) is 2.46. The summed E-state index contributed by atoms with van der Waals surface area (Å²) in [5.41, 5.74) is 0.944. The van der Waals surface area contributed by atoms with Crippen molar-refractivity contribution < 1.29 is 14.3 Å². The van der Waals surface area contributed by atoms with Gasteiger partial charge in [0.1, 0.15) is 0 Å². The Hall–Kier alpha value is -1.90. The van der Waals surface area contributed by atoms with E-state index in [4.69, 9.17) is 21.6 Å². The first-order valence-corrected chi connectivity index (χ1v) is 8.04. The van der Waals surface area contributed by atoms with E-state index in [-0.39, 0.29) is 18.3 Å². The molecular formula is C17H19ClN2O3. The molecule has 0 radical (unpaired) electrons. The maximum atomic E-state index is 12.1. The molecule has 1 aromatic rings. The van der Waals surface area contributed by atoms with Crippen LogP contribution in [-0.4, -0.2) is 30.9 Å². The second-order valence-electron chi connectivity index (χ2n) is 5.54. The molecule has 2 atom stereocenters. The van der Waals surface area contributed by atoms with Gasteiger partial charge in [-0.2, -0.15) is 5.26 Å². The quantitative estimate of drug-likeness (QED) is 0.776. The maximum absolute atomic E-state index is 12.1. The molecular weight excluding hydrogens is 316 g/mol. The Kier molecular flexibility index (Phi) is 6.57. The number of ether oxygens (including phenoxy) is 1. The van der Waals surface area contributed by atoms with Gasteiger partial charge in [-0.05, 0) is 37.0 Å². The first-order chi connectivity index (χ1) is 11.1. The average molecular weight is 335 g/mol. The van der Waals surface area contributed by atoms with Crippen LogP contribution in [0.2, 0.25) is 5.02 Å². The van der Waals surface area contributed by atoms with Crippen molar-refractivity contribution in [3.8, 4) is 6.07 Å². The molecule has 23 heavy (non-hydrogen) atoms. The number of amides is 1. The van der Waals surface area contributed by atoms with Crippen LogP contribution >= 0.6 is 11.6 Å². The van der Waals surface area contributed by atoms with Gasteiger partial charge >= 0.3 is 0 Å². The van der Waals surface area contributed by atoms with Crippen molar-refractivity contribution in [1.82, 2.24) is 5.32 Å². The van der Waals surface area contributed by atoms with Crippen LogP contribution in [0.3, 0.4) is 0 Å². The highest BCUT2D eigenvalue weighted by Crippen LogP contribution is 2.13. The molecule has 2 rings (SSSR count). The molecule has 0 saturated carbocycles. The molecule has 1 N–H and O–H groups in total. The second-order valence-corrected chi connectivity index (χ2v) is 5.97. The van der Waals surface area contributed by atoms with E-state index >= 15 is 0 Å². The molecule has 1 amide bonds. The van der Waals surface area contributed by atoms with Gasteiger partial charge in [0.25, 0.3) is 0 Å². The third-order valence-electron chi connectivity index (χ3n) is 3.81.